The van der Waals surface area contributed by atoms with Crippen molar-refractivity contribution in [1.29, 1.82) is 0 Å². The number of amides is 1. The van der Waals surface area contributed by atoms with Crippen LogP contribution in [0.15, 0.2) is 59.3 Å². The van der Waals surface area contributed by atoms with E-state index in [1.54, 1.807) is 18.2 Å². The van der Waals surface area contributed by atoms with E-state index in [4.69, 9.17) is 29.2 Å². The Morgan fingerprint density at radius 2 is 1.69 bits per heavy atom. The molecule has 18 heteroatoms. The number of piperidine rings is 1. The molecule has 4 N–H and O–H groups in total. The van der Waals surface area contributed by atoms with Crippen LogP contribution in [0.2, 0.25) is 0 Å². The Hall–Kier alpha value is -5.72. The van der Waals surface area contributed by atoms with E-state index in [1.807, 2.05) is 38.2 Å². The predicted octanol–water partition coefficient (Wildman–Crippen LogP) is 4.02. The monoisotopic (exact) mass is 881 g/mol. The van der Waals surface area contributed by atoms with Crippen molar-refractivity contribution in [2.75, 3.05) is 68.5 Å². The molecule has 5 atom stereocenters. The van der Waals surface area contributed by atoms with Crippen molar-refractivity contribution in [3.8, 4) is 28.8 Å². The molecule has 18 nitrogen and oxygen atoms in total. The van der Waals surface area contributed by atoms with Crippen LogP contribution in [0, 0.1) is 5.92 Å². The van der Waals surface area contributed by atoms with Gasteiger partial charge in [0.2, 0.25) is 11.8 Å². The summed E-state index contributed by atoms with van der Waals surface area (Å²) in [5.74, 6) is 0.139. The summed E-state index contributed by atoms with van der Waals surface area (Å²) in [4.78, 5) is 39.1. The van der Waals surface area contributed by atoms with Crippen LogP contribution in [0.1, 0.15) is 70.5 Å². The van der Waals surface area contributed by atoms with Gasteiger partial charge in [0.15, 0.2) is 11.6 Å². The first-order valence-electron chi connectivity index (χ1n) is 22.6. The molecule has 5 aliphatic rings. The first kappa shape index (κ1) is 43.5. The number of carbonyl (C=O) groups is 2. The highest BCUT2D eigenvalue weighted by molar-refractivity contribution is 5.89. The van der Waals surface area contributed by atoms with E-state index >= 15 is 0 Å². The third kappa shape index (κ3) is 9.26. The summed E-state index contributed by atoms with van der Waals surface area (Å²) in [6.45, 7) is 8.37. The molecule has 2 unspecified atom stereocenters. The molecule has 4 aliphatic heterocycles. The summed E-state index contributed by atoms with van der Waals surface area (Å²) in [6.07, 6.45) is 7.31. The molecule has 64 heavy (non-hydrogen) atoms. The topological polar surface area (TPSA) is 215 Å². The van der Waals surface area contributed by atoms with Crippen molar-refractivity contribution in [1.82, 2.24) is 30.1 Å². The molecule has 0 radical (unpaired) electrons. The van der Waals surface area contributed by atoms with Gasteiger partial charge in [0.05, 0.1) is 36.8 Å². The Balaban J connectivity index is 0.696. The van der Waals surface area contributed by atoms with Gasteiger partial charge in [-0.05, 0) is 61.0 Å². The zero-order chi connectivity index (χ0) is 44.5. The van der Waals surface area contributed by atoms with E-state index in [0.29, 0.717) is 53.3 Å². The third-order valence-electron chi connectivity index (χ3n) is 13.5. The van der Waals surface area contributed by atoms with Gasteiger partial charge in [0.1, 0.15) is 30.4 Å². The van der Waals surface area contributed by atoms with Crippen LogP contribution in [-0.4, -0.2) is 148 Å². The number of fused-ring (bicyclic) bond motifs is 2. The third-order valence-corrected chi connectivity index (χ3v) is 13.5. The number of aliphatic hydroxyl groups is 1. The number of piperazine rings is 1. The van der Waals surface area contributed by atoms with E-state index in [1.165, 1.54) is 12.0 Å². The fraction of sp³-hybridized carbons (Fsp3) is 0.565. The minimum Gasteiger partial charge on any atom is -0.507 e. The molecule has 4 saturated heterocycles. The number of pyridine rings is 1. The maximum atomic E-state index is 13.6. The average Bonchev–Trinajstić information content (AvgIpc) is 3.98. The van der Waals surface area contributed by atoms with E-state index in [-0.39, 0.29) is 48.9 Å². The number of para-hydroxylation sites is 1. The van der Waals surface area contributed by atoms with Crippen molar-refractivity contribution in [2.45, 2.75) is 107 Å². The molecular weight excluding hydrogens is 823 g/mol. The van der Waals surface area contributed by atoms with E-state index in [9.17, 15) is 19.8 Å². The highest BCUT2D eigenvalue weighted by Crippen LogP contribution is 2.40. The second-order valence-corrected chi connectivity index (χ2v) is 18.1. The number of aromatic nitrogens is 4. The second kappa shape index (κ2) is 18.8. The predicted molar refractivity (Wildman–Crippen MR) is 235 cm³/mol. The van der Waals surface area contributed by atoms with E-state index < -0.39 is 24.0 Å². The normalized spacial score (nSPS) is 25.4. The number of anilines is 3. The van der Waals surface area contributed by atoms with Crippen LogP contribution in [-0.2, 0) is 19.1 Å². The fourth-order valence-corrected chi connectivity index (χ4v) is 10.1. The lowest BCUT2D eigenvalue weighted by molar-refractivity contribution is -0.152. The number of carbonyl (C=O) groups excluding carboxylic acids is 2. The van der Waals surface area contributed by atoms with Crippen molar-refractivity contribution in [3.63, 3.8) is 0 Å². The molecule has 3 aromatic heterocycles. The van der Waals surface area contributed by atoms with Crippen LogP contribution in [0.5, 0.6) is 17.5 Å². The van der Waals surface area contributed by atoms with Gasteiger partial charge >= 0.3 is 5.97 Å². The highest BCUT2D eigenvalue weighted by atomic mass is 16.5. The Labute approximate surface area is 372 Å². The molecule has 1 aromatic carbocycles. The van der Waals surface area contributed by atoms with Crippen LogP contribution in [0.4, 0.5) is 17.2 Å². The van der Waals surface area contributed by atoms with Gasteiger partial charge in [-0.3, -0.25) is 9.69 Å². The lowest BCUT2D eigenvalue weighted by Crippen LogP contribution is -2.54. The average molecular weight is 882 g/mol. The molecule has 2 bridgehead atoms. The number of phenolic OH excluding ortho intramolecular Hbond substituents is 1. The first-order valence-corrected chi connectivity index (χ1v) is 22.6. The van der Waals surface area contributed by atoms with E-state index in [2.05, 4.69) is 47.2 Å². The quantitative estimate of drug-likeness (QED) is 0.144. The van der Waals surface area contributed by atoms with Crippen molar-refractivity contribution in [3.05, 3.63) is 60.5 Å². The number of rotatable bonds is 15. The molecule has 5 fully saturated rings. The lowest BCUT2D eigenvalue weighted by Gasteiger charge is -2.43. The van der Waals surface area contributed by atoms with E-state index in [0.717, 1.165) is 82.6 Å². The number of hydrogen-bond donors (Lipinski definition) is 3. The number of methoxy groups -OCH3 is 1. The summed E-state index contributed by atoms with van der Waals surface area (Å²) in [5, 5.41) is 33.2. The van der Waals surface area contributed by atoms with Crippen LogP contribution in [0.3, 0.4) is 0 Å². The minimum absolute atomic E-state index is 0.0572. The molecule has 4 aromatic rings. The standard InChI is InChI=1S/C46H59N9O9/c1-27(2)43(45(58)54-26-31(56)19-38(54)46(59)60-3)40-23-42(51-64-40)61-17-16-52-14-11-32(12-15-52)62-33-20-34(21-33)63-41-18-28(10-13-48-41)55-29-8-9-30(55)25-53(24-29)37-22-36(49-50-44(37)47)35-6-4-5-7-39(35)57/h4-7,10,13,18,22-23,27,29-34,38,43,56-57H,8-9,11-12,14-17,19-21,24-26H2,1-3H3,(H2,47,50)/t29?,30?,31-,33?,34?,38+,43-/m1/s1. The number of nitrogens with two attached hydrogens (primary N) is 1. The van der Waals surface area contributed by atoms with Gasteiger partial charge in [-0.2, -0.15) is 0 Å². The number of aliphatic hydroxyl groups excluding tert-OH is 1. The smallest absolute Gasteiger partial charge is 0.328 e. The number of β-amino-alcohol motifs (C(OH)–C–C–N with tert-alkyl or cyclic N) is 1. The maximum Gasteiger partial charge on any atom is 0.328 e. The number of nitrogens with zero attached hydrogens (tertiary/aromatic N) is 8. The number of benzene rings is 1. The SMILES string of the molecule is COC(=O)[C@@H]1C[C@@H](O)CN1C(=O)[C@@H](c1cc(OCCN2CCC(OC3CC(Oc4cc(N5C6CCC5CN(c5cc(-c7ccccc7O)nnc5N)C6)ccn4)C3)CC2)no1)C(C)C. The fourth-order valence-electron chi connectivity index (χ4n) is 10.1. The number of esters is 1. The molecule has 342 valence electrons. The molecule has 7 heterocycles. The Morgan fingerprint density at radius 3 is 2.42 bits per heavy atom. The molecular formula is C46H59N9O9. The van der Waals surface area contributed by atoms with Gasteiger partial charge in [-0.15, -0.1) is 10.2 Å². The molecule has 1 aliphatic carbocycles. The van der Waals surface area contributed by atoms with Crippen molar-refractivity contribution < 1.29 is 43.3 Å². The van der Waals surface area contributed by atoms with Crippen LogP contribution in [0.25, 0.3) is 11.3 Å². The number of likely N-dealkylation sites (tertiary alicyclic amines) is 2. The van der Waals surface area contributed by atoms with Gasteiger partial charge in [-0.25, -0.2) is 9.78 Å². The highest BCUT2D eigenvalue weighted by Gasteiger charge is 2.44. The Morgan fingerprint density at radius 1 is 0.922 bits per heavy atom. The summed E-state index contributed by atoms with van der Waals surface area (Å²) in [5.41, 5.74) is 9.54. The lowest BCUT2D eigenvalue weighted by atomic mass is 9.91. The first-order chi connectivity index (χ1) is 31.0. The Bertz CT molecular complexity index is 2250. The zero-order valence-corrected chi connectivity index (χ0v) is 36.7. The molecule has 0 spiro atoms. The maximum absolute atomic E-state index is 13.6. The summed E-state index contributed by atoms with van der Waals surface area (Å²) in [7, 11) is 1.27. The number of hydrogen-bond acceptors (Lipinski definition) is 17. The van der Waals surface area contributed by atoms with Crippen LogP contribution >= 0.6 is 0 Å². The van der Waals surface area contributed by atoms with Crippen molar-refractivity contribution >= 4 is 29.1 Å². The molecule has 1 amide bonds. The minimum atomic E-state index is -0.836. The van der Waals surface area contributed by atoms with Gasteiger partial charge < -0.3 is 54.1 Å². The van der Waals surface area contributed by atoms with Gasteiger partial charge in [0, 0.05) is 100 Å². The molecule has 9 rings (SSSR count). The number of aromatic hydroxyl groups is 1. The van der Waals surface area contributed by atoms with Gasteiger partial charge in [-0.1, -0.05) is 26.0 Å². The van der Waals surface area contributed by atoms with Crippen molar-refractivity contribution in [2.24, 2.45) is 5.92 Å². The Kier molecular flexibility index (Phi) is 12.8. The van der Waals surface area contributed by atoms with Gasteiger partial charge in [0.25, 0.3) is 5.88 Å². The largest absolute Gasteiger partial charge is 0.507 e. The zero-order valence-electron chi connectivity index (χ0n) is 36.7. The summed E-state index contributed by atoms with van der Waals surface area (Å²) >= 11 is 0. The second-order valence-electron chi connectivity index (χ2n) is 18.1. The van der Waals surface area contributed by atoms with Crippen LogP contribution < -0.4 is 25.0 Å². The summed E-state index contributed by atoms with van der Waals surface area (Å²) < 4.78 is 29.3. The summed E-state index contributed by atoms with van der Waals surface area (Å²) in [6, 6.07) is 14.6. The number of nitrogen functional groups attached to an aromatic ring is 1. The number of phenols is 1. The molecule has 1 saturated carbocycles. The number of ether oxygens (including phenoxy) is 4.